The molecule has 2 heterocycles. The monoisotopic (exact) mass is 297 g/mol. The molecule has 2 N–H and O–H groups in total. The number of anilines is 2. The number of hydrogen-bond acceptors (Lipinski definition) is 6. The largest absolute Gasteiger partial charge is 0.396 e. The molecule has 1 fully saturated rings. The number of nitrogen functional groups attached to an aromatic ring is 1. The van der Waals surface area contributed by atoms with Crippen molar-refractivity contribution in [2.45, 2.75) is 37.4 Å². The number of morpholine rings is 1. The molecule has 1 atom stereocenters. The zero-order valence-corrected chi connectivity index (χ0v) is 13.3. The second kappa shape index (κ2) is 5.23. The van der Waals surface area contributed by atoms with E-state index in [-0.39, 0.29) is 11.7 Å². The van der Waals surface area contributed by atoms with Crippen LogP contribution in [0.4, 0.5) is 10.7 Å². The van der Waals surface area contributed by atoms with Crippen molar-refractivity contribution >= 4 is 33.8 Å². The lowest BCUT2D eigenvalue weighted by molar-refractivity contribution is -0.0749. The van der Waals surface area contributed by atoms with Crippen LogP contribution in [0.1, 0.15) is 25.6 Å². The van der Waals surface area contributed by atoms with E-state index in [1.54, 1.807) is 11.8 Å². The average molecular weight is 297 g/mol. The molecule has 1 aromatic rings. The van der Waals surface area contributed by atoms with Gasteiger partial charge in [0.25, 0.3) is 0 Å². The second-order valence-corrected chi connectivity index (χ2v) is 7.18. The molecule has 6 heteroatoms. The summed E-state index contributed by atoms with van der Waals surface area (Å²) in [5.41, 5.74) is 6.48. The van der Waals surface area contributed by atoms with Crippen molar-refractivity contribution in [1.82, 2.24) is 0 Å². The molecule has 1 aliphatic rings. The smallest absolute Gasteiger partial charge is 0.131 e. The Morgan fingerprint density at radius 1 is 1.58 bits per heavy atom. The molecule has 1 unspecified atom stereocenters. The zero-order valence-electron chi connectivity index (χ0n) is 11.7. The Morgan fingerprint density at radius 3 is 2.79 bits per heavy atom. The highest BCUT2D eigenvalue weighted by Crippen LogP contribution is 2.44. The summed E-state index contributed by atoms with van der Waals surface area (Å²) < 4.78 is 5.92. The van der Waals surface area contributed by atoms with Crippen molar-refractivity contribution in [3.05, 3.63) is 4.88 Å². The first-order chi connectivity index (χ1) is 8.88. The number of nitrogens with zero attached hydrogens (tertiary/aromatic N) is 2. The third-order valence-electron chi connectivity index (χ3n) is 3.04. The van der Waals surface area contributed by atoms with E-state index < -0.39 is 0 Å². The Morgan fingerprint density at radius 2 is 2.26 bits per heavy atom. The topological polar surface area (TPSA) is 62.3 Å². The zero-order chi connectivity index (χ0) is 14.2. The van der Waals surface area contributed by atoms with Gasteiger partial charge in [-0.1, -0.05) is 0 Å². The van der Waals surface area contributed by atoms with Crippen molar-refractivity contribution in [3.8, 4) is 6.07 Å². The first-order valence-electron chi connectivity index (χ1n) is 6.17. The predicted molar refractivity (Wildman–Crippen MR) is 82.1 cm³/mol. The summed E-state index contributed by atoms with van der Waals surface area (Å²) in [6, 6.07) is 2.18. The van der Waals surface area contributed by atoms with Gasteiger partial charge in [0.2, 0.25) is 0 Å². The fraction of sp³-hybridized carbons (Fsp3) is 0.615. The average Bonchev–Trinajstić information content (AvgIpc) is 2.63. The van der Waals surface area contributed by atoms with Crippen LogP contribution in [0.3, 0.4) is 0 Å². The Balaban J connectivity index is 2.39. The molecule has 0 bridgehead atoms. The van der Waals surface area contributed by atoms with E-state index in [4.69, 9.17) is 15.7 Å². The maximum atomic E-state index is 9.13. The van der Waals surface area contributed by atoms with Crippen molar-refractivity contribution < 1.29 is 4.74 Å². The van der Waals surface area contributed by atoms with Crippen LogP contribution in [0.25, 0.3) is 0 Å². The van der Waals surface area contributed by atoms with Crippen molar-refractivity contribution in [2.75, 3.05) is 30.0 Å². The molecule has 104 valence electrons. The summed E-state index contributed by atoms with van der Waals surface area (Å²) in [5.74, 6) is 0. The third kappa shape index (κ3) is 2.83. The maximum Gasteiger partial charge on any atom is 0.131 e. The SMILES string of the molecule is CSc1c(N2CC(C)OC(C)(C)C2)sc(C#N)c1N. The van der Waals surface area contributed by atoms with Crippen LogP contribution in [-0.2, 0) is 4.74 Å². The highest BCUT2D eigenvalue weighted by Gasteiger charge is 2.33. The molecule has 0 amide bonds. The van der Waals surface area contributed by atoms with Gasteiger partial charge in [-0.25, -0.2) is 0 Å². The van der Waals surface area contributed by atoms with E-state index in [2.05, 4.69) is 31.7 Å². The van der Waals surface area contributed by atoms with Gasteiger partial charge in [0.1, 0.15) is 15.9 Å². The fourth-order valence-corrected chi connectivity index (χ4v) is 4.50. The van der Waals surface area contributed by atoms with E-state index in [0.29, 0.717) is 10.6 Å². The molecular weight excluding hydrogens is 278 g/mol. The quantitative estimate of drug-likeness (QED) is 0.850. The first-order valence-corrected chi connectivity index (χ1v) is 8.21. The minimum atomic E-state index is -0.182. The Labute approximate surface area is 122 Å². The van der Waals surface area contributed by atoms with Crippen molar-refractivity contribution in [2.24, 2.45) is 0 Å². The minimum Gasteiger partial charge on any atom is -0.396 e. The van der Waals surface area contributed by atoms with E-state index in [0.717, 1.165) is 23.0 Å². The van der Waals surface area contributed by atoms with Crippen LogP contribution in [0, 0.1) is 11.3 Å². The van der Waals surface area contributed by atoms with Gasteiger partial charge in [-0.2, -0.15) is 5.26 Å². The molecule has 4 nitrogen and oxygen atoms in total. The van der Waals surface area contributed by atoms with E-state index in [1.807, 2.05) is 6.26 Å². The van der Waals surface area contributed by atoms with Crippen molar-refractivity contribution in [3.63, 3.8) is 0 Å². The van der Waals surface area contributed by atoms with Gasteiger partial charge in [0.05, 0.1) is 22.3 Å². The van der Waals surface area contributed by atoms with Gasteiger partial charge in [-0.15, -0.1) is 23.1 Å². The van der Waals surface area contributed by atoms with Crippen LogP contribution >= 0.6 is 23.1 Å². The molecule has 2 rings (SSSR count). The van der Waals surface area contributed by atoms with Gasteiger partial charge >= 0.3 is 0 Å². The Kier molecular flexibility index (Phi) is 4.00. The molecule has 1 aliphatic heterocycles. The standard InChI is InChI=1S/C13H19N3OS2/c1-8-6-16(7-13(2,3)17-8)12-11(18-4)10(15)9(5-14)19-12/h8H,6-7,15H2,1-4H3. The Bertz CT molecular complexity index is 519. The van der Waals surface area contributed by atoms with E-state index >= 15 is 0 Å². The molecule has 19 heavy (non-hydrogen) atoms. The fourth-order valence-electron chi connectivity index (χ4n) is 2.51. The van der Waals surface area contributed by atoms with Gasteiger partial charge in [0.15, 0.2) is 0 Å². The summed E-state index contributed by atoms with van der Waals surface area (Å²) >= 11 is 3.09. The summed E-state index contributed by atoms with van der Waals surface area (Å²) in [7, 11) is 0. The number of hydrogen-bond donors (Lipinski definition) is 1. The molecular formula is C13H19N3OS2. The molecule has 1 saturated heterocycles. The minimum absolute atomic E-state index is 0.173. The van der Waals surface area contributed by atoms with Crippen LogP contribution in [0.5, 0.6) is 0 Å². The van der Waals surface area contributed by atoms with Crippen LogP contribution < -0.4 is 10.6 Å². The summed E-state index contributed by atoms with van der Waals surface area (Å²) in [5, 5.41) is 10.2. The molecule has 0 radical (unpaired) electrons. The number of nitrogens with two attached hydrogens (primary N) is 1. The highest BCUT2D eigenvalue weighted by atomic mass is 32.2. The summed E-state index contributed by atoms with van der Waals surface area (Å²) in [4.78, 5) is 3.92. The summed E-state index contributed by atoms with van der Waals surface area (Å²) in [6.07, 6.45) is 2.17. The molecule has 0 aromatic carbocycles. The number of ether oxygens (including phenoxy) is 1. The Hall–Kier alpha value is -0.900. The third-order valence-corrected chi connectivity index (χ3v) is 5.17. The molecule has 1 aromatic heterocycles. The normalized spacial score (nSPS) is 22.3. The number of nitriles is 1. The van der Waals surface area contributed by atoms with Crippen LogP contribution in [-0.4, -0.2) is 31.1 Å². The second-order valence-electron chi connectivity index (χ2n) is 5.36. The number of thiophene rings is 1. The van der Waals surface area contributed by atoms with Crippen LogP contribution in [0.15, 0.2) is 4.90 Å². The van der Waals surface area contributed by atoms with Crippen LogP contribution in [0.2, 0.25) is 0 Å². The van der Waals surface area contributed by atoms with Crippen molar-refractivity contribution in [1.29, 1.82) is 5.26 Å². The lowest BCUT2D eigenvalue weighted by Gasteiger charge is -2.42. The molecule has 0 saturated carbocycles. The number of rotatable bonds is 2. The van der Waals surface area contributed by atoms with Gasteiger partial charge in [-0.05, 0) is 27.0 Å². The van der Waals surface area contributed by atoms with Gasteiger partial charge in [0, 0.05) is 13.1 Å². The lowest BCUT2D eigenvalue weighted by atomic mass is 10.1. The highest BCUT2D eigenvalue weighted by molar-refractivity contribution is 7.99. The summed E-state index contributed by atoms with van der Waals surface area (Å²) in [6.45, 7) is 7.92. The number of thioether (sulfide) groups is 1. The van der Waals surface area contributed by atoms with E-state index in [1.165, 1.54) is 11.3 Å². The molecule has 0 aliphatic carbocycles. The predicted octanol–water partition coefficient (Wildman–Crippen LogP) is 2.93. The van der Waals surface area contributed by atoms with Gasteiger partial charge in [-0.3, -0.25) is 0 Å². The van der Waals surface area contributed by atoms with Gasteiger partial charge < -0.3 is 15.4 Å². The molecule has 0 spiro atoms. The van der Waals surface area contributed by atoms with E-state index in [9.17, 15) is 0 Å². The lowest BCUT2D eigenvalue weighted by Crippen LogP contribution is -2.51. The maximum absolute atomic E-state index is 9.13. The first kappa shape index (κ1) is 14.5.